The molecule has 1 heterocycles. The number of carbonyl (C=O) groups is 1. The van der Waals surface area contributed by atoms with Crippen LogP contribution in [0.1, 0.15) is 11.3 Å². The lowest BCUT2D eigenvalue weighted by atomic mass is 10.2. The van der Waals surface area contributed by atoms with Crippen LogP contribution in [0.5, 0.6) is 0 Å². The largest absolute Gasteiger partial charge is 0.380 e. The van der Waals surface area contributed by atoms with Crippen molar-refractivity contribution in [2.45, 2.75) is 13.0 Å². The molecule has 2 aromatic rings. The number of anilines is 1. The third-order valence-corrected chi connectivity index (χ3v) is 3.60. The van der Waals surface area contributed by atoms with Crippen LogP contribution in [0.25, 0.3) is 0 Å². The molecule has 0 spiro atoms. The monoisotopic (exact) mass is 322 g/mol. The van der Waals surface area contributed by atoms with Crippen LogP contribution in [0.4, 0.5) is 10.5 Å². The van der Waals surface area contributed by atoms with Crippen molar-refractivity contribution in [3.63, 3.8) is 0 Å². The predicted molar refractivity (Wildman–Crippen MR) is 86.1 cm³/mol. The molecule has 2 N–H and O–H groups in total. The van der Waals surface area contributed by atoms with Crippen LogP contribution >= 0.6 is 11.6 Å². The molecule has 0 bridgehead atoms. The molecule has 0 fully saturated rings. The SMILES string of the molecule is COCc1c(Cl)cccc1NC(=O)NCCc1ccnn1C. The smallest absolute Gasteiger partial charge is 0.319 e. The van der Waals surface area contributed by atoms with Crippen molar-refractivity contribution in [2.75, 3.05) is 19.0 Å². The zero-order chi connectivity index (χ0) is 15.9. The van der Waals surface area contributed by atoms with Crippen LogP contribution in [0.2, 0.25) is 5.02 Å². The minimum atomic E-state index is -0.276. The minimum absolute atomic E-state index is 0.276. The van der Waals surface area contributed by atoms with Gasteiger partial charge in [0, 0.05) is 55.3 Å². The van der Waals surface area contributed by atoms with E-state index < -0.39 is 0 Å². The highest BCUT2D eigenvalue weighted by atomic mass is 35.5. The number of nitrogens with one attached hydrogen (secondary N) is 2. The Hall–Kier alpha value is -2.05. The Bertz CT molecular complexity index is 642. The average molecular weight is 323 g/mol. The first-order valence-electron chi connectivity index (χ1n) is 6.90. The van der Waals surface area contributed by atoms with E-state index >= 15 is 0 Å². The van der Waals surface area contributed by atoms with Gasteiger partial charge >= 0.3 is 6.03 Å². The van der Waals surface area contributed by atoms with Gasteiger partial charge in [-0.05, 0) is 18.2 Å². The Labute approximate surface area is 134 Å². The molecule has 0 atom stereocenters. The number of urea groups is 1. The fraction of sp³-hybridized carbons (Fsp3) is 0.333. The third-order valence-electron chi connectivity index (χ3n) is 3.24. The van der Waals surface area contributed by atoms with Gasteiger partial charge in [0.1, 0.15) is 0 Å². The molecule has 1 aromatic carbocycles. The standard InChI is InChI=1S/C15H19ClN4O2/c1-20-11(7-9-18-20)6-8-17-15(21)19-14-5-3-4-13(16)12(14)10-22-2/h3-5,7,9H,6,8,10H2,1-2H3,(H2,17,19,21). The second kappa shape index (κ2) is 7.82. The van der Waals surface area contributed by atoms with Gasteiger partial charge in [0.05, 0.1) is 6.61 Å². The Kier molecular flexibility index (Phi) is 5.80. The van der Waals surface area contributed by atoms with Crippen molar-refractivity contribution in [1.29, 1.82) is 0 Å². The van der Waals surface area contributed by atoms with Gasteiger partial charge in [0.15, 0.2) is 0 Å². The van der Waals surface area contributed by atoms with Crippen molar-refractivity contribution in [3.05, 3.63) is 46.7 Å². The first-order chi connectivity index (χ1) is 10.6. The van der Waals surface area contributed by atoms with Crippen LogP contribution < -0.4 is 10.6 Å². The Morgan fingerprint density at radius 2 is 2.23 bits per heavy atom. The molecule has 0 unspecified atom stereocenters. The topological polar surface area (TPSA) is 68.2 Å². The summed E-state index contributed by atoms with van der Waals surface area (Å²) in [5.74, 6) is 0. The van der Waals surface area contributed by atoms with E-state index in [1.165, 1.54) is 0 Å². The van der Waals surface area contributed by atoms with E-state index in [1.54, 1.807) is 36.2 Å². The first kappa shape index (κ1) is 16.3. The lowest BCUT2D eigenvalue weighted by molar-refractivity contribution is 0.185. The number of hydrogen-bond donors (Lipinski definition) is 2. The molecule has 0 radical (unpaired) electrons. The molecule has 0 aliphatic rings. The minimum Gasteiger partial charge on any atom is -0.380 e. The number of ether oxygens (including phenoxy) is 1. The summed E-state index contributed by atoms with van der Waals surface area (Å²) >= 11 is 6.12. The van der Waals surface area contributed by atoms with Gasteiger partial charge in [-0.1, -0.05) is 17.7 Å². The molecule has 2 amide bonds. The van der Waals surface area contributed by atoms with E-state index in [4.69, 9.17) is 16.3 Å². The van der Waals surface area contributed by atoms with Gasteiger partial charge in [0.25, 0.3) is 0 Å². The molecule has 22 heavy (non-hydrogen) atoms. The van der Waals surface area contributed by atoms with E-state index in [1.807, 2.05) is 13.1 Å². The fourth-order valence-electron chi connectivity index (χ4n) is 2.08. The molecule has 2 rings (SSSR count). The molecular weight excluding hydrogens is 304 g/mol. The maximum Gasteiger partial charge on any atom is 0.319 e. The number of hydrogen-bond acceptors (Lipinski definition) is 3. The average Bonchev–Trinajstić information content (AvgIpc) is 2.88. The van der Waals surface area contributed by atoms with Crippen molar-refractivity contribution >= 4 is 23.3 Å². The van der Waals surface area contributed by atoms with E-state index in [0.29, 0.717) is 30.3 Å². The number of rotatable bonds is 6. The molecule has 0 saturated carbocycles. The maximum atomic E-state index is 12.0. The second-order valence-corrected chi connectivity index (χ2v) is 5.18. The van der Waals surface area contributed by atoms with Gasteiger partial charge in [0.2, 0.25) is 0 Å². The molecule has 0 saturated heterocycles. The van der Waals surface area contributed by atoms with Gasteiger partial charge in [-0.3, -0.25) is 4.68 Å². The van der Waals surface area contributed by atoms with Crippen LogP contribution in [0.15, 0.2) is 30.5 Å². The highest BCUT2D eigenvalue weighted by Crippen LogP contribution is 2.24. The second-order valence-electron chi connectivity index (χ2n) is 4.78. The van der Waals surface area contributed by atoms with Crippen molar-refractivity contribution in [2.24, 2.45) is 7.05 Å². The highest BCUT2D eigenvalue weighted by molar-refractivity contribution is 6.31. The Balaban J connectivity index is 1.89. The number of aromatic nitrogens is 2. The van der Waals surface area contributed by atoms with Gasteiger partial charge in [-0.25, -0.2) is 4.79 Å². The Morgan fingerprint density at radius 1 is 1.41 bits per heavy atom. The number of nitrogens with zero attached hydrogens (tertiary/aromatic N) is 2. The zero-order valence-electron chi connectivity index (χ0n) is 12.6. The number of amides is 2. The summed E-state index contributed by atoms with van der Waals surface area (Å²) < 4.78 is 6.89. The molecule has 1 aromatic heterocycles. The number of methoxy groups -OCH3 is 1. The summed E-state index contributed by atoms with van der Waals surface area (Å²) in [6.45, 7) is 0.857. The van der Waals surface area contributed by atoms with Gasteiger partial charge < -0.3 is 15.4 Å². The maximum absolute atomic E-state index is 12.0. The summed E-state index contributed by atoms with van der Waals surface area (Å²) in [5.41, 5.74) is 2.46. The number of aryl methyl sites for hydroxylation is 1. The number of carbonyl (C=O) groups excluding carboxylic acids is 1. The van der Waals surface area contributed by atoms with Crippen LogP contribution in [0.3, 0.4) is 0 Å². The predicted octanol–water partition coefficient (Wildman–Crippen LogP) is 2.58. The van der Waals surface area contributed by atoms with Crippen molar-refractivity contribution in [3.8, 4) is 0 Å². The first-order valence-corrected chi connectivity index (χ1v) is 7.27. The molecule has 6 nitrogen and oxygen atoms in total. The molecule has 7 heteroatoms. The summed E-state index contributed by atoms with van der Waals surface area (Å²) in [5, 5.41) is 10.3. The van der Waals surface area contributed by atoms with Crippen LogP contribution in [-0.2, 0) is 24.8 Å². The van der Waals surface area contributed by atoms with E-state index in [-0.39, 0.29) is 6.03 Å². The highest BCUT2D eigenvalue weighted by Gasteiger charge is 2.09. The van der Waals surface area contributed by atoms with E-state index in [9.17, 15) is 4.79 Å². The lowest BCUT2D eigenvalue weighted by Gasteiger charge is -2.13. The number of halogens is 1. The normalized spacial score (nSPS) is 10.5. The summed E-state index contributed by atoms with van der Waals surface area (Å²) in [6, 6.07) is 6.99. The van der Waals surface area contributed by atoms with Crippen molar-refractivity contribution in [1.82, 2.24) is 15.1 Å². The number of benzene rings is 1. The van der Waals surface area contributed by atoms with Gasteiger partial charge in [-0.2, -0.15) is 5.10 Å². The zero-order valence-corrected chi connectivity index (χ0v) is 13.4. The molecule has 0 aliphatic heterocycles. The van der Waals surface area contributed by atoms with Crippen LogP contribution in [0, 0.1) is 0 Å². The molecular formula is C15H19ClN4O2. The van der Waals surface area contributed by atoms with Crippen molar-refractivity contribution < 1.29 is 9.53 Å². The lowest BCUT2D eigenvalue weighted by Crippen LogP contribution is -2.31. The Morgan fingerprint density at radius 3 is 2.91 bits per heavy atom. The molecule has 118 valence electrons. The quantitative estimate of drug-likeness (QED) is 0.859. The molecule has 0 aliphatic carbocycles. The van der Waals surface area contributed by atoms with Gasteiger partial charge in [-0.15, -0.1) is 0 Å². The van der Waals surface area contributed by atoms with Crippen LogP contribution in [-0.4, -0.2) is 29.5 Å². The summed E-state index contributed by atoms with van der Waals surface area (Å²) in [4.78, 5) is 12.0. The third kappa shape index (κ3) is 4.22. The summed E-state index contributed by atoms with van der Waals surface area (Å²) in [7, 11) is 3.46. The fourth-order valence-corrected chi connectivity index (χ4v) is 2.31. The van der Waals surface area contributed by atoms with E-state index in [2.05, 4.69) is 15.7 Å². The van der Waals surface area contributed by atoms with E-state index in [0.717, 1.165) is 11.3 Å². The summed E-state index contributed by atoms with van der Waals surface area (Å²) in [6.07, 6.45) is 2.45.